The fourth-order valence-electron chi connectivity index (χ4n) is 3.82. The Morgan fingerprint density at radius 3 is 2.26 bits per heavy atom. The molecule has 1 aliphatic rings. The lowest BCUT2D eigenvalue weighted by Gasteiger charge is -2.38. The molecule has 1 aliphatic heterocycles. The lowest BCUT2D eigenvalue weighted by molar-refractivity contribution is -0.139. The van der Waals surface area contributed by atoms with Gasteiger partial charge in [0.2, 0.25) is 5.91 Å². The summed E-state index contributed by atoms with van der Waals surface area (Å²) in [5.74, 6) is -0.170. The van der Waals surface area contributed by atoms with Crippen LogP contribution in [0.15, 0.2) is 54.6 Å². The summed E-state index contributed by atoms with van der Waals surface area (Å²) in [4.78, 5) is 38.7. The molecule has 1 fully saturated rings. The van der Waals surface area contributed by atoms with Crippen molar-refractivity contribution in [2.75, 3.05) is 18.5 Å². The predicted molar refractivity (Wildman–Crippen MR) is 119 cm³/mol. The second-order valence-corrected chi connectivity index (χ2v) is 7.84. The first kappa shape index (κ1) is 22.3. The van der Waals surface area contributed by atoms with Gasteiger partial charge in [0.1, 0.15) is 5.75 Å². The number of carbonyl (C=O) groups is 3. The van der Waals surface area contributed by atoms with E-state index >= 15 is 0 Å². The summed E-state index contributed by atoms with van der Waals surface area (Å²) in [6, 6.07) is 16.0. The minimum absolute atomic E-state index is 0.0223. The Balaban J connectivity index is 1.45. The molecule has 0 aromatic heterocycles. The molecule has 3 rings (SSSR count). The quantitative estimate of drug-likeness (QED) is 0.716. The van der Waals surface area contributed by atoms with Gasteiger partial charge in [0.15, 0.2) is 6.61 Å². The van der Waals surface area contributed by atoms with E-state index in [-0.39, 0.29) is 43.0 Å². The number of nitrogens with one attached hydrogen (secondary N) is 2. The van der Waals surface area contributed by atoms with Crippen molar-refractivity contribution in [3.8, 4) is 5.75 Å². The second kappa shape index (κ2) is 10.6. The fourth-order valence-corrected chi connectivity index (χ4v) is 3.82. The van der Waals surface area contributed by atoms with Crippen LogP contribution < -0.4 is 15.4 Å². The highest BCUT2D eigenvalue weighted by molar-refractivity contribution is 5.99. The third-order valence-electron chi connectivity index (χ3n) is 5.43. The van der Waals surface area contributed by atoms with E-state index < -0.39 is 0 Å². The van der Waals surface area contributed by atoms with Crippen molar-refractivity contribution in [1.29, 1.82) is 0 Å². The highest BCUT2D eigenvalue weighted by atomic mass is 16.5. The van der Waals surface area contributed by atoms with Gasteiger partial charge in [0, 0.05) is 23.3 Å². The lowest BCUT2D eigenvalue weighted by atomic mass is 9.97. The molecule has 2 unspecified atom stereocenters. The third-order valence-corrected chi connectivity index (χ3v) is 5.43. The number of anilines is 1. The van der Waals surface area contributed by atoms with E-state index in [1.165, 1.54) is 0 Å². The van der Waals surface area contributed by atoms with Gasteiger partial charge in [-0.3, -0.25) is 14.4 Å². The maximum Gasteiger partial charge on any atom is 0.260 e. The molecule has 0 aliphatic carbocycles. The van der Waals surface area contributed by atoms with Crippen LogP contribution in [0.5, 0.6) is 5.75 Å². The Bertz CT molecular complexity index is 889. The first-order valence-corrected chi connectivity index (χ1v) is 10.6. The molecule has 0 spiro atoms. The monoisotopic (exact) mass is 423 g/mol. The van der Waals surface area contributed by atoms with Gasteiger partial charge in [-0.1, -0.05) is 18.2 Å². The molecular weight excluding hydrogens is 394 g/mol. The average Bonchev–Trinajstić information content (AvgIpc) is 2.77. The fraction of sp³-hybridized carbons (Fsp3) is 0.375. The second-order valence-electron chi connectivity index (χ2n) is 7.84. The molecule has 2 N–H and O–H groups in total. The van der Waals surface area contributed by atoms with E-state index in [0.29, 0.717) is 17.0 Å². The highest BCUT2D eigenvalue weighted by Gasteiger charge is 2.28. The maximum atomic E-state index is 12.5. The minimum Gasteiger partial charge on any atom is -0.484 e. The van der Waals surface area contributed by atoms with E-state index in [9.17, 15) is 14.4 Å². The Kier molecular flexibility index (Phi) is 7.65. The minimum atomic E-state index is -0.359. The van der Waals surface area contributed by atoms with Crippen LogP contribution in [0.25, 0.3) is 0 Å². The summed E-state index contributed by atoms with van der Waals surface area (Å²) < 4.78 is 5.63. The molecule has 31 heavy (non-hydrogen) atoms. The normalized spacial score (nSPS) is 18.2. The van der Waals surface area contributed by atoms with Crippen molar-refractivity contribution in [1.82, 2.24) is 10.2 Å². The van der Waals surface area contributed by atoms with Crippen LogP contribution in [-0.4, -0.2) is 47.9 Å². The molecule has 0 radical (unpaired) electrons. The molecule has 2 atom stereocenters. The molecule has 0 bridgehead atoms. The molecule has 3 amide bonds. The Labute approximate surface area is 182 Å². The van der Waals surface area contributed by atoms with E-state index in [2.05, 4.69) is 24.5 Å². The van der Waals surface area contributed by atoms with Gasteiger partial charge in [0.25, 0.3) is 11.8 Å². The molecule has 1 heterocycles. The maximum absolute atomic E-state index is 12.5. The molecule has 2 aromatic rings. The first-order chi connectivity index (χ1) is 14.9. The summed E-state index contributed by atoms with van der Waals surface area (Å²) in [5.41, 5.74) is 1.08. The summed E-state index contributed by atoms with van der Waals surface area (Å²) in [6.07, 6.45) is 3.18. The molecule has 1 saturated heterocycles. The zero-order chi connectivity index (χ0) is 22.2. The van der Waals surface area contributed by atoms with Crippen molar-refractivity contribution in [2.24, 2.45) is 0 Å². The largest absolute Gasteiger partial charge is 0.484 e. The van der Waals surface area contributed by atoms with Gasteiger partial charge in [-0.05, 0) is 69.5 Å². The third kappa shape index (κ3) is 6.31. The smallest absolute Gasteiger partial charge is 0.260 e. The van der Waals surface area contributed by atoms with E-state index in [1.54, 1.807) is 36.4 Å². The van der Waals surface area contributed by atoms with Crippen LogP contribution in [-0.2, 0) is 9.59 Å². The topological polar surface area (TPSA) is 87.7 Å². The van der Waals surface area contributed by atoms with Crippen molar-refractivity contribution >= 4 is 23.4 Å². The van der Waals surface area contributed by atoms with Crippen LogP contribution in [0.1, 0.15) is 43.5 Å². The molecule has 7 nitrogen and oxygen atoms in total. The van der Waals surface area contributed by atoms with Crippen molar-refractivity contribution in [2.45, 2.75) is 45.2 Å². The van der Waals surface area contributed by atoms with Crippen LogP contribution >= 0.6 is 0 Å². The Hall–Kier alpha value is -3.35. The van der Waals surface area contributed by atoms with Gasteiger partial charge in [-0.25, -0.2) is 0 Å². The highest BCUT2D eigenvalue weighted by Crippen LogP contribution is 2.23. The summed E-state index contributed by atoms with van der Waals surface area (Å²) in [5, 5.41) is 5.30. The number of para-hydroxylation sites is 1. The number of benzene rings is 2. The molecule has 2 aromatic carbocycles. The number of likely N-dealkylation sites (tertiary alicyclic amines) is 1. The van der Waals surface area contributed by atoms with Crippen molar-refractivity contribution in [3.05, 3.63) is 60.2 Å². The summed E-state index contributed by atoms with van der Waals surface area (Å²) in [6.45, 7) is 3.98. The molecular formula is C24H29N3O4. The van der Waals surface area contributed by atoms with Gasteiger partial charge in [-0.15, -0.1) is 0 Å². The van der Waals surface area contributed by atoms with Crippen LogP contribution in [0.4, 0.5) is 5.69 Å². The lowest BCUT2D eigenvalue weighted by Crippen LogP contribution is -2.49. The number of hydrogen-bond donors (Lipinski definition) is 2. The SMILES string of the molecule is CC1CCCC(C)N1C(=O)COc1ccc(C(=O)NCC(=O)Nc2ccccc2)cc1. The number of amides is 3. The van der Waals surface area contributed by atoms with E-state index in [1.807, 2.05) is 23.1 Å². The molecule has 164 valence electrons. The zero-order valence-corrected chi connectivity index (χ0v) is 18.0. The van der Waals surface area contributed by atoms with Crippen LogP contribution in [0, 0.1) is 0 Å². The summed E-state index contributed by atoms with van der Waals surface area (Å²) >= 11 is 0. The average molecular weight is 424 g/mol. The van der Waals surface area contributed by atoms with Gasteiger partial charge in [-0.2, -0.15) is 0 Å². The number of piperidine rings is 1. The van der Waals surface area contributed by atoms with E-state index in [0.717, 1.165) is 19.3 Å². The number of ether oxygens (including phenoxy) is 1. The van der Waals surface area contributed by atoms with Crippen molar-refractivity contribution in [3.63, 3.8) is 0 Å². The van der Waals surface area contributed by atoms with E-state index in [4.69, 9.17) is 4.74 Å². The van der Waals surface area contributed by atoms with Gasteiger partial charge in [0.05, 0.1) is 6.54 Å². The standard InChI is InChI=1S/C24H29N3O4/c1-17-7-6-8-18(2)27(17)23(29)16-31-21-13-11-19(12-14-21)24(30)25-15-22(28)26-20-9-4-3-5-10-20/h3-5,9-14,17-18H,6-8,15-16H2,1-2H3,(H,25,30)(H,26,28). The Morgan fingerprint density at radius 2 is 1.61 bits per heavy atom. The Morgan fingerprint density at radius 1 is 0.968 bits per heavy atom. The number of nitrogens with zero attached hydrogens (tertiary/aromatic N) is 1. The van der Waals surface area contributed by atoms with Crippen LogP contribution in [0.2, 0.25) is 0 Å². The predicted octanol–water partition coefficient (Wildman–Crippen LogP) is 3.22. The zero-order valence-electron chi connectivity index (χ0n) is 18.0. The van der Waals surface area contributed by atoms with Gasteiger partial charge < -0.3 is 20.3 Å². The first-order valence-electron chi connectivity index (χ1n) is 10.6. The molecule has 7 heteroatoms. The van der Waals surface area contributed by atoms with Crippen molar-refractivity contribution < 1.29 is 19.1 Å². The number of hydrogen-bond acceptors (Lipinski definition) is 4. The van der Waals surface area contributed by atoms with Crippen LogP contribution in [0.3, 0.4) is 0 Å². The number of rotatable bonds is 7. The number of carbonyl (C=O) groups excluding carboxylic acids is 3. The summed E-state index contributed by atoms with van der Waals surface area (Å²) in [7, 11) is 0. The van der Waals surface area contributed by atoms with Gasteiger partial charge >= 0.3 is 0 Å². The molecule has 0 saturated carbocycles.